The van der Waals surface area contributed by atoms with Crippen molar-refractivity contribution < 1.29 is 50.9 Å². The molecule has 0 rings (SSSR count). The molecule has 0 fully saturated rings. The molecule has 0 bridgehead atoms. The molecule has 116 valence electrons. The number of hydrogen-bond acceptors (Lipinski definition) is 7. The van der Waals surface area contributed by atoms with Crippen LogP contribution in [0, 0.1) is 0 Å². The van der Waals surface area contributed by atoms with Crippen molar-refractivity contribution in [1.29, 1.82) is 0 Å². The first-order chi connectivity index (χ1) is 8.12. The maximum Gasteiger partial charge on any atom is 0.487 e. The van der Waals surface area contributed by atoms with Crippen LogP contribution < -0.4 is 4.89 Å². The minimum Gasteiger partial charge on any atom is -0.756 e. The van der Waals surface area contributed by atoms with Gasteiger partial charge in [0.2, 0.25) is 0 Å². The highest BCUT2D eigenvalue weighted by molar-refractivity contribution is 7.66. The van der Waals surface area contributed by atoms with Crippen LogP contribution in [0.25, 0.3) is 0 Å². The van der Waals surface area contributed by atoms with Gasteiger partial charge in [0.15, 0.2) is 0 Å². The van der Waals surface area contributed by atoms with Gasteiger partial charge in [-0.25, -0.2) is 13.4 Å². The zero-order valence-electron chi connectivity index (χ0n) is 10.4. The summed E-state index contributed by atoms with van der Waals surface area (Å²) >= 11 is 0. The highest BCUT2D eigenvalue weighted by Crippen LogP contribution is 2.64. The van der Waals surface area contributed by atoms with Crippen LogP contribution >= 0.6 is 23.5 Å². The minimum atomic E-state index is -5.49. The van der Waals surface area contributed by atoms with Crippen LogP contribution in [0.2, 0.25) is 0 Å². The fourth-order valence-electron chi connectivity index (χ4n) is 0.726. The molecule has 0 saturated heterocycles. The van der Waals surface area contributed by atoms with Gasteiger partial charge in [-0.3, -0.25) is 4.57 Å². The van der Waals surface area contributed by atoms with E-state index in [2.05, 4.69) is 13.1 Å². The number of rotatable bonds is 8. The normalized spacial score (nSPS) is 19.7. The number of quaternary nitrogens is 1. The van der Waals surface area contributed by atoms with Gasteiger partial charge in [-0.05, 0) is 0 Å². The van der Waals surface area contributed by atoms with Crippen molar-refractivity contribution in [2.75, 3.05) is 34.3 Å². The summed E-state index contributed by atoms with van der Waals surface area (Å²) in [5.41, 5.74) is 0. The summed E-state index contributed by atoms with van der Waals surface area (Å²) < 4.78 is 43.9. The van der Waals surface area contributed by atoms with Crippen LogP contribution in [0.3, 0.4) is 0 Å². The monoisotopic (exact) mass is 343 g/mol. The Morgan fingerprint density at radius 3 is 1.89 bits per heavy atom. The largest absolute Gasteiger partial charge is 0.756 e. The number of nitrogens with zero attached hydrogens (tertiary/aromatic N) is 1. The molecule has 0 spiro atoms. The van der Waals surface area contributed by atoms with Crippen LogP contribution in [-0.2, 0) is 26.8 Å². The van der Waals surface area contributed by atoms with E-state index in [0.29, 0.717) is 4.48 Å². The summed E-state index contributed by atoms with van der Waals surface area (Å²) in [5.74, 6) is 0. The Labute approximate surface area is 109 Å². The summed E-state index contributed by atoms with van der Waals surface area (Å²) in [6.45, 7) is -0.106. The summed E-state index contributed by atoms with van der Waals surface area (Å²) in [7, 11) is -10.9. The van der Waals surface area contributed by atoms with E-state index in [-0.39, 0.29) is 13.2 Å². The van der Waals surface area contributed by atoms with Gasteiger partial charge in [-0.15, -0.1) is 0 Å². The summed E-state index contributed by atoms with van der Waals surface area (Å²) in [4.78, 5) is 36.5. The molecule has 2 atom stereocenters. The van der Waals surface area contributed by atoms with Crippen molar-refractivity contribution in [2.24, 2.45) is 0 Å². The van der Waals surface area contributed by atoms with Gasteiger partial charge in [0.1, 0.15) is 13.2 Å². The second kappa shape index (κ2) is 6.43. The van der Waals surface area contributed by atoms with E-state index in [0.717, 1.165) is 0 Å². The molecule has 2 unspecified atom stereocenters. The van der Waals surface area contributed by atoms with Gasteiger partial charge in [0, 0.05) is 0 Å². The SMILES string of the molecule is C[N+](C)(C)CCOP(=O)([O-])OP(=O)(O)OP(=O)(O)O. The fraction of sp³-hybridized carbons (Fsp3) is 1.00. The first-order valence-corrected chi connectivity index (χ1v) is 9.18. The zero-order chi connectivity index (χ0) is 15.5. The fourth-order valence-corrected chi connectivity index (χ4v) is 3.69. The third-order valence-electron chi connectivity index (χ3n) is 1.42. The molecule has 0 amide bonds. The molecule has 0 aliphatic heterocycles. The van der Waals surface area contributed by atoms with Gasteiger partial charge in [-0.1, -0.05) is 0 Å². The molecular formula is C5H16NO10P3. The van der Waals surface area contributed by atoms with E-state index < -0.39 is 23.5 Å². The molecular weight excluding hydrogens is 327 g/mol. The molecule has 19 heavy (non-hydrogen) atoms. The lowest BCUT2D eigenvalue weighted by atomic mass is 10.5. The Morgan fingerprint density at radius 1 is 1.05 bits per heavy atom. The second-order valence-electron chi connectivity index (χ2n) is 4.42. The van der Waals surface area contributed by atoms with Crippen LogP contribution in [0.4, 0.5) is 0 Å². The maximum absolute atomic E-state index is 11.1. The van der Waals surface area contributed by atoms with Gasteiger partial charge in [0.05, 0.1) is 21.1 Å². The van der Waals surface area contributed by atoms with E-state index in [4.69, 9.17) is 14.7 Å². The van der Waals surface area contributed by atoms with Gasteiger partial charge in [0.25, 0.3) is 7.82 Å². The van der Waals surface area contributed by atoms with E-state index >= 15 is 0 Å². The average molecular weight is 343 g/mol. The molecule has 0 aromatic rings. The minimum absolute atomic E-state index is 0.241. The first kappa shape index (κ1) is 19.4. The zero-order valence-corrected chi connectivity index (χ0v) is 13.1. The lowest BCUT2D eigenvalue weighted by Gasteiger charge is -2.27. The molecule has 0 aromatic carbocycles. The molecule has 0 aromatic heterocycles. The third kappa shape index (κ3) is 11.9. The van der Waals surface area contributed by atoms with Crippen molar-refractivity contribution in [1.82, 2.24) is 0 Å². The van der Waals surface area contributed by atoms with Crippen molar-refractivity contribution in [3.05, 3.63) is 0 Å². The Hall–Kier alpha value is 0.370. The standard InChI is InChI=1S/C5H16NO10P3/c1-6(2,3)4-5-14-18(10,11)16-19(12,13)15-17(7,8)9/h4-5H2,1-3H3,(H3-,7,8,9,10,11,12,13). The molecule has 14 heteroatoms. The lowest BCUT2D eigenvalue weighted by Crippen LogP contribution is -2.37. The van der Waals surface area contributed by atoms with E-state index in [1.807, 2.05) is 0 Å². The average Bonchev–Trinajstić information content (AvgIpc) is 1.90. The van der Waals surface area contributed by atoms with Crippen LogP contribution in [0.5, 0.6) is 0 Å². The summed E-state index contributed by atoms with van der Waals surface area (Å²) in [6, 6.07) is 0. The van der Waals surface area contributed by atoms with E-state index in [9.17, 15) is 18.6 Å². The maximum atomic E-state index is 11.1. The second-order valence-corrected chi connectivity index (χ2v) is 8.79. The molecule has 3 N–H and O–H groups in total. The number of likely N-dealkylation sites (N-methyl/N-ethyl adjacent to an activating group) is 1. The Balaban J connectivity index is 4.48. The molecule has 0 saturated carbocycles. The van der Waals surface area contributed by atoms with Crippen LogP contribution in [0.15, 0.2) is 0 Å². The quantitative estimate of drug-likeness (QED) is 0.383. The van der Waals surface area contributed by atoms with E-state index in [1.165, 1.54) is 0 Å². The van der Waals surface area contributed by atoms with E-state index in [1.54, 1.807) is 21.1 Å². The highest BCUT2D eigenvalue weighted by Gasteiger charge is 2.36. The topological polar surface area (TPSA) is 163 Å². The molecule has 0 radical (unpaired) electrons. The summed E-state index contributed by atoms with van der Waals surface area (Å²) in [6.07, 6.45) is 0. The predicted octanol–water partition coefficient (Wildman–Crippen LogP) is -0.596. The van der Waals surface area contributed by atoms with Crippen LogP contribution in [-0.4, -0.2) is 53.5 Å². The molecule has 0 aliphatic rings. The molecule has 0 heterocycles. The van der Waals surface area contributed by atoms with Gasteiger partial charge < -0.3 is 28.6 Å². The van der Waals surface area contributed by atoms with Crippen molar-refractivity contribution >= 4 is 23.5 Å². The smallest absolute Gasteiger partial charge is 0.487 e. The van der Waals surface area contributed by atoms with Crippen molar-refractivity contribution in [3.63, 3.8) is 0 Å². The number of phosphoric acid groups is 3. The van der Waals surface area contributed by atoms with Gasteiger partial charge in [-0.2, -0.15) is 4.31 Å². The Kier molecular flexibility index (Phi) is 6.55. The number of hydrogen-bond donors (Lipinski definition) is 3. The van der Waals surface area contributed by atoms with Crippen LogP contribution in [0.1, 0.15) is 0 Å². The molecule has 11 nitrogen and oxygen atoms in total. The third-order valence-corrected chi connectivity index (χ3v) is 5.22. The first-order valence-electron chi connectivity index (χ1n) is 4.69. The number of phosphoric ester groups is 1. The Bertz CT molecular complexity index is 437. The lowest BCUT2D eigenvalue weighted by molar-refractivity contribution is -0.870. The summed E-state index contributed by atoms with van der Waals surface area (Å²) in [5, 5.41) is 0. The van der Waals surface area contributed by atoms with Crippen molar-refractivity contribution in [3.8, 4) is 0 Å². The Morgan fingerprint density at radius 2 is 1.53 bits per heavy atom. The van der Waals surface area contributed by atoms with Gasteiger partial charge >= 0.3 is 15.6 Å². The molecule has 0 aliphatic carbocycles. The van der Waals surface area contributed by atoms with Crippen molar-refractivity contribution in [2.45, 2.75) is 0 Å². The highest BCUT2D eigenvalue weighted by atomic mass is 31.3. The predicted molar refractivity (Wildman–Crippen MR) is 60.5 cm³/mol.